The Morgan fingerprint density at radius 3 is 2.83 bits per heavy atom. The van der Waals surface area contributed by atoms with Gasteiger partial charge in [0.05, 0.1) is 11.3 Å². The van der Waals surface area contributed by atoms with Crippen molar-refractivity contribution in [1.29, 1.82) is 0 Å². The summed E-state index contributed by atoms with van der Waals surface area (Å²) in [5.74, 6) is -0.908. The molecule has 0 atom stereocenters. The number of aromatic carboxylic acids is 1. The van der Waals surface area contributed by atoms with Crippen LogP contribution in [0.2, 0.25) is 0 Å². The van der Waals surface area contributed by atoms with Crippen LogP contribution in [0, 0.1) is 6.92 Å². The molecule has 0 spiro atoms. The molecule has 64 valence electrons. The van der Waals surface area contributed by atoms with Gasteiger partial charge in [-0.1, -0.05) is 22.6 Å². The second-order valence-electron chi connectivity index (χ2n) is 2.39. The standard InChI is InChI=1S/C8H8INO2/c1-5-2-3-6(8(11)12)7(4-9)10-5/h2-3H,4H2,1H3,(H,11,12). The number of carbonyl (C=O) groups is 1. The maximum Gasteiger partial charge on any atom is 0.337 e. The Morgan fingerprint density at radius 1 is 1.67 bits per heavy atom. The van der Waals surface area contributed by atoms with Gasteiger partial charge < -0.3 is 5.11 Å². The average Bonchev–Trinajstić information content (AvgIpc) is 2.03. The maximum absolute atomic E-state index is 10.6. The third-order valence-corrected chi connectivity index (χ3v) is 2.19. The van der Waals surface area contributed by atoms with E-state index >= 15 is 0 Å². The van der Waals surface area contributed by atoms with Crippen LogP contribution in [0.4, 0.5) is 0 Å². The number of pyridine rings is 1. The van der Waals surface area contributed by atoms with Gasteiger partial charge in [-0.3, -0.25) is 4.98 Å². The van der Waals surface area contributed by atoms with E-state index < -0.39 is 5.97 Å². The summed E-state index contributed by atoms with van der Waals surface area (Å²) in [6, 6.07) is 3.30. The van der Waals surface area contributed by atoms with E-state index in [-0.39, 0.29) is 0 Å². The minimum Gasteiger partial charge on any atom is -0.478 e. The third-order valence-electron chi connectivity index (χ3n) is 1.47. The van der Waals surface area contributed by atoms with E-state index in [0.717, 1.165) is 5.69 Å². The van der Waals surface area contributed by atoms with E-state index in [9.17, 15) is 4.79 Å². The van der Waals surface area contributed by atoms with Gasteiger partial charge in [0.25, 0.3) is 0 Å². The Morgan fingerprint density at radius 2 is 2.33 bits per heavy atom. The predicted octanol–water partition coefficient (Wildman–Crippen LogP) is 2.02. The summed E-state index contributed by atoms with van der Waals surface area (Å²) in [7, 11) is 0. The van der Waals surface area contributed by atoms with Gasteiger partial charge in [0, 0.05) is 10.1 Å². The van der Waals surface area contributed by atoms with Crippen LogP contribution in [0.1, 0.15) is 21.7 Å². The predicted molar refractivity (Wildman–Crippen MR) is 53.7 cm³/mol. The molecule has 0 fully saturated rings. The number of hydrogen-bond donors (Lipinski definition) is 1. The molecule has 0 saturated heterocycles. The van der Waals surface area contributed by atoms with E-state index in [0.29, 0.717) is 15.7 Å². The van der Waals surface area contributed by atoms with Gasteiger partial charge in [0.15, 0.2) is 0 Å². The second-order valence-corrected chi connectivity index (χ2v) is 3.15. The molecule has 0 saturated carbocycles. The Kier molecular flexibility index (Phi) is 3.02. The smallest absolute Gasteiger partial charge is 0.337 e. The van der Waals surface area contributed by atoms with Crippen molar-refractivity contribution in [3.63, 3.8) is 0 Å². The minimum atomic E-state index is -0.908. The number of aromatic nitrogens is 1. The van der Waals surface area contributed by atoms with Gasteiger partial charge >= 0.3 is 5.97 Å². The molecule has 0 unspecified atom stereocenters. The fourth-order valence-electron chi connectivity index (χ4n) is 0.907. The van der Waals surface area contributed by atoms with Crippen LogP contribution >= 0.6 is 22.6 Å². The lowest BCUT2D eigenvalue weighted by molar-refractivity contribution is 0.0695. The highest BCUT2D eigenvalue weighted by Crippen LogP contribution is 2.11. The zero-order chi connectivity index (χ0) is 9.14. The summed E-state index contributed by atoms with van der Waals surface area (Å²) < 4.78 is 0.626. The van der Waals surface area contributed by atoms with Crippen LogP contribution in [0.3, 0.4) is 0 Å². The molecule has 0 bridgehead atoms. The highest BCUT2D eigenvalue weighted by atomic mass is 127. The van der Waals surface area contributed by atoms with Crippen LogP contribution in [0.25, 0.3) is 0 Å². The highest BCUT2D eigenvalue weighted by molar-refractivity contribution is 14.1. The molecule has 0 aliphatic carbocycles. The number of nitrogens with zero attached hydrogens (tertiary/aromatic N) is 1. The summed E-state index contributed by atoms with van der Waals surface area (Å²) in [6.45, 7) is 1.85. The van der Waals surface area contributed by atoms with Crippen molar-refractivity contribution in [3.05, 3.63) is 29.1 Å². The molecule has 1 heterocycles. The van der Waals surface area contributed by atoms with Crippen molar-refractivity contribution >= 4 is 28.6 Å². The van der Waals surface area contributed by atoms with E-state index in [1.165, 1.54) is 0 Å². The van der Waals surface area contributed by atoms with Crippen molar-refractivity contribution in [3.8, 4) is 0 Å². The van der Waals surface area contributed by atoms with E-state index in [1.54, 1.807) is 12.1 Å². The van der Waals surface area contributed by atoms with E-state index in [4.69, 9.17) is 5.11 Å². The first-order valence-corrected chi connectivity index (χ1v) is 4.93. The molecule has 3 nitrogen and oxygen atoms in total. The first kappa shape index (κ1) is 9.44. The molecule has 0 aliphatic heterocycles. The van der Waals surface area contributed by atoms with Crippen molar-refractivity contribution < 1.29 is 9.90 Å². The Bertz CT molecular complexity index is 312. The molecule has 1 rings (SSSR count). The van der Waals surface area contributed by atoms with Crippen LogP contribution in [0.15, 0.2) is 12.1 Å². The lowest BCUT2D eigenvalue weighted by Crippen LogP contribution is -2.03. The fourth-order valence-corrected chi connectivity index (χ4v) is 1.49. The van der Waals surface area contributed by atoms with Crippen LogP contribution in [0.5, 0.6) is 0 Å². The van der Waals surface area contributed by atoms with Gasteiger partial charge in [-0.25, -0.2) is 4.79 Å². The first-order valence-electron chi connectivity index (χ1n) is 3.41. The molecule has 1 N–H and O–H groups in total. The summed E-state index contributed by atoms with van der Waals surface area (Å²) >= 11 is 2.10. The molecule has 1 aromatic heterocycles. The van der Waals surface area contributed by atoms with Gasteiger partial charge in [-0.05, 0) is 19.1 Å². The lowest BCUT2D eigenvalue weighted by atomic mass is 10.2. The van der Waals surface area contributed by atoms with Crippen LogP contribution < -0.4 is 0 Å². The van der Waals surface area contributed by atoms with Crippen molar-refractivity contribution in [1.82, 2.24) is 4.98 Å². The highest BCUT2D eigenvalue weighted by Gasteiger charge is 2.09. The fraction of sp³-hybridized carbons (Fsp3) is 0.250. The molecule has 0 radical (unpaired) electrons. The SMILES string of the molecule is Cc1ccc(C(=O)O)c(CI)n1. The lowest BCUT2D eigenvalue weighted by Gasteiger charge is -2.01. The number of carboxylic acids is 1. The number of carboxylic acid groups (broad SMARTS) is 1. The summed E-state index contributed by atoms with van der Waals surface area (Å²) in [5, 5.41) is 8.74. The summed E-state index contributed by atoms with van der Waals surface area (Å²) in [6.07, 6.45) is 0. The summed E-state index contributed by atoms with van der Waals surface area (Å²) in [5.41, 5.74) is 1.80. The normalized spacial score (nSPS) is 9.83. The topological polar surface area (TPSA) is 50.2 Å². The monoisotopic (exact) mass is 277 g/mol. The Labute approximate surface area is 84.0 Å². The van der Waals surface area contributed by atoms with Gasteiger partial charge in [-0.15, -0.1) is 0 Å². The quantitative estimate of drug-likeness (QED) is 0.664. The molecule has 0 amide bonds. The zero-order valence-corrected chi connectivity index (χ0v) is 8.70. The van der Waals surface area contributed by atoms with Crippen molar-refractivity contribution in [2.24, 2.45) is 0 Å². The van der Waals surface area contributed by atoms with Gasteiger partial charge in [0.2, 0.25) is 0 Å². The van der Waals surface area contributed by atoms with Crippen LogP contribution in [-0.2, 0) is 4.43 Å². The zero-order valence-electron chi connectivity index (χ0n) is 6.54. The summed E-state index contributed by atoms with van der Waals surface area (Å²) in [4.78, 5) is 14.8. The first-order chi connectivity index (χ1) is 5.65. The Balaban J connectivity index is 3.20. The minimum absolute atomic E-state index is 0.301. The number of halogens is 1. The van der Waals surface area contributed by atoms with E-state index in [2.05, 4.69) is 27.6 Å². The molecule has 12 heavy (non-hydrogen) atoms. The average molecular weight is 277 g/mol. The second kappa shape index (κ2) is 3.84. The third kappa shape index (κ3) is 1.94. The molecule has 4 heteroatoms. The number of hydrogen-bond acceptors (Lipinski definition) is 2. The van der Waals surface area contributed by atoms with Gasteiger partial charge in [0.1, 0.15) is 0 Å². The maximum atomic E-state index is 10.6. The molecular weight excluding hydrogens is 269 g/mol. The largest absolute Gasteiger partial charge is 0.478 e. The van der Waals surface area contributed by atoms with Crippen LogP contribution in [-0.4, -0.2) is 16.1 Å². The Hall–Kier alpha value is -0.650. The number of alkyl halides is 1. The molecule has 0 aliphatic rings. The van der Waals surface area contributed by atoms with Gasteiger partial charge in [-0.2, -0.15) is 0 Å². The van der Waals surface area contributed by atoms with E-state index in [1.807, 2.05) is 6.92 Å². The molecular formula is C8H8INO2. The van der Waals surface area contributed by atoms with Crippen molar-refractivity contribution in [2.45, 2.75) is 11.4 Å². The molecule has 1 aromatic rings. The van der Waals surface area contributed by atoms with Crippen molar-refractivity contribution in [2.75, 3.05) is 0 Å². The molecule has 0 aromatic carbocycles. The number of aryl methyl sites for hydroxylation is 1. The number of rotatable bonds is 2.